The molecule has 6 heteroatoms. The average Bonchev–Trinajstić information content (AvgIpc) is 2.71. The lowest BCUT2D eigenvalue weighted by atomic mass is 9.98. The Morgan fingerprint density at radius 2 is 2.18 bits per heavy atom. The minimum Gasteiger partial charge on any atom is -0.496 e. The number of ether oxygens (including phenoxy) is 1. The molecule has 5 nitrogen and oxygen atoms in total. The molecule has 0 fully saturated rings. The van der Waals surface area contributed by atoms with E-state index in [-0.39, 0.29) is 11.7 Å². The van der Waals surface area contributed by atoms with E-state index in [4.69, 9.17) is 4.74 Å². The highest BCUT2D eigenvalue weighted by atomic mass is 19.1. The van der Waals surface area contributed by atoms with Crippen molar-refractivity contribution in [1.82, 2.24) is 15.6 Å². The summed E-state index contributed by atoms with van der Waals surface area (Å²) in [5.41, 5.74) is 4.19. The number of nitrogens with zero attached hydrogens (tertiary/aromatic N) is 1. The summed E-state index contributed by atoms with van der Waals surface area (Å²) in [6.07, 6.45) is 8.14. The molecule has 1 aliphatic heterocycles. The number of amides is 1. The third-order valence-electron chi connectivity index (χ3n) is 4.57. The van der Waals surface area contributed by atoms with Crippen LogP contribution in [0.2, 0.25) is 0 Å². The molecule has 2 N–H and O–H groups in total. The van der Waals surface area contributed by atoms with Crippen LogP contribution >= 0.6 is 0 Å². The summed E-state index contributed by atoms with van der Waals surface area (Å²) >= 11 is 0. The Morgan fingerprint density at radius 3 is 2.93 bits per heavy atom. The molecular formula is C22H24FN3O2. The van der Waals surface area contributed by atoms with E-state index in [1.54, 1.807) is 13.3 Å². The van der Waals surface area contributed by atoms with Gasteiger partial charge >= 0.3 is 0 Å². The van der Waals surface area contributed by atoms with E-state index in [1.807, 2.05) is 37.3 Å². The molecule has 0 spiro atoms. The number of carbonyl (C=O) groups excluding carboxylic acids is 1. The second-order valence-electron chi connectivity index (χ2n) is 6.63. The van der Waals surface area contributed by atoms with Gasteiger partial charge in [-0.25, -0.2) is 4.39 Å². The van der Waals surface area contributed by atoms with Gasteiger partial charge in [0.2, 0.25) is 0 Å². The Balaban J connectivity index is 1.66. The monoisotopic (exact) mass is 381 g/mol. The van der Waals surface area contributed by atoms with Crippen molar-refractivity contribution in [1.29, 1.82) is 0 Å². The molecule has 146 valence electrons. The number of halogens is 1. The van der Waals surface area contributed by atoms with Crippen LogP contribution in [-0.4, -0.2) is 31.1 Å². The predicted molar refractivity (Wildman–Crippen MR) is 107 cm³/mol. The molecule has 2 aromatic rings. The number of aryl methyl sites for hydroxylation is 2. The lowest BCUT2D eigenvalue weighted by Crippen LogP contribution is -2.34. The normalized spacial score (nSPS) is 13.2. The van der Waals surface area contributed by atoms with Gasteiger partial charge in [-0.15, -0.1) is 0 Å². The van der Waals surface area contributed by atoms with Crippen LogP contribution in [-0.2, 0) is 11.2 Å². The first-order valence-electron chi connectivity index (χ1n) is 9.26. The number of methoxy groups -OCH3 is 1. The predicted octanol–water partition coefficient (Wildman–Crippen LogP) is 3.16. The topological polar surface area (TPSA) is 63.2 Å². The fourth-order valence-electron chi connectivity index (χ4n) is 3.18. The molecule has 1 aromatic heterocycles. The van der Waals surface area contributed by atoms with Crippen LogP contribution in [0.25, 0.3) is 5.57 Å². The molecule has 1 aromatic carbocycles. The van der Waals surface area contributed by atoms with Gasteiger partial charge < -0.3 is 15.4 Å². The lowest BCUT2D eigenvalue weighted by Gasteiger charge is -2.19. The van der Waals surface area contributed by atoms with Gasteiger partial charge in [-0.1, -0.05) is 18.2 Å². The number of benzene rings is 1. The number of pyridine rings is 1. The van der Waals surface area contributed by atoms with Crippen LogP contribution < -0.4 is 15.4 Å². The van der Waals surface area contributed by atoms with Crippen molar-refractivity contribution in [2.45, 2.75) is 19.8 Å². The minimum atomic E-state index is -0.343. The van der Waals surface area contributed by atoms with Crippen LogP contribution in [0.15, 0.2) is 54.5 Å². The molecule has 0 aliphatic carbocycles. The van der Waals surface area contributed by atoms with E-state index in [0.29, 0.717) is 31.6 Å². The van der Waals surface area contributed by atoms with Crippen LogP contribution in [0, 0.1) is 12.7 Å². The summed E-state index contributed by atoms with van der Waals surface area (Å²) in [7, 11) is 1.64. The Kier molecular flexibility index (Phi) is 6.42. The van der Waals surface area contributed by atoms with Gasteiger partial charge in [0.25, 0.3) is 5.91 Å². The second-order valence-corrected chi connectivity index (χ2v) is 6.63. The SMILES string of the molecule is COc1ccc(C2=C(C(=O)NCCCc3cncc(F)c3)NCC=C2)cc1C. The first kappa shape index (κ1) is 19.6. The Morgan fingerprint density at radius 1 is 1.32 bits per heavy atom. The summed E-state index contributed by atoms with van der Waals surface area (Å²) in [6, 6.07) is 7.33. The molecule has 0 unspecified atom stereocenters. The molecule has 0 bridgehead atoms. The fraction of sp³-hybridized carbons (Fsp3) is 0.273. The molecule has 0 radical (unpaired) electrons. The number of allylic oxidation sites excluding steroid dienone is 2. The Hall–Kier alpha value is -3.15. The zero-order valence-corrected chi connectivity index (χ0v) is 16.1. The summed E-state index contributed by atoms with van der Waals surface area (Å²) in [6.45, 7) is 3.08. The molecular weight excluding hydrogens is 357 g/mol. The Labute approximate surface area is 164 Å². The van der Waals surface area contributed by atoms with Crippen LogP contribution in [0.3, 0.4) is 0 Å². The number of aromatic nitrogens is 1. The van der Waals surface area contributed by atoms with Crippen molar-refractivity contribution in [3.05, 3.63) is 77.0 Å². The highest BCUT2D eigenvalue weighted by Gasteiger charge is 2.17. The maximum absolute atomic E-state index is 13.2. The van der Waals surface area contributed by atoms with E-state index in [1.165, 1.54) is 12.3 Å². The van der Waals surface area contributed by atoms with Gasteiger partial charge in [0.15, 0.2) is 0 Å². The molecule has 3 rings (SSSR count). The van der Waals surface area contributed by atoms with E-state index in [0.717, 1.165) is 28.0 Å². The first-order valence-corrected chi connectivity index (χ1v) is 9.26. The summed E-state index contributed by atoms with van der Waals surface area (Å²) < 4.78 is 18.5. The van der Waals surface area contributed by atoms with Gasteiger partial charge in [0.1, 0.15) is 17.3 Å². The first-order chi connectivity index (χ1) is 13.6. The van der Waals surface area contributed by atoms with Gasteiger partial charge in [0, 0.05) is 24.9 Å². The zero-order valence-electron chi connectivity index (χ0n) is 16.1. The standard InChI is InChI=1S/C22H24FN3O2/c1-15-11-17(7-8-20(15)28-2)19-6-4-9-25-21(19)22(27)26-10-3-5-16-12-18(23)14-24-13-16/h4,6-8,11-14,25H,3,5,9-10H2,1-2H3,(H,26,27). The largest absolute Gasteiger partial charge is 0.496 e. The number of hydrogen-bond donors (Lipinski definition) is 2. The average molecular weight is 381 g/mol. The third kappa shape index (κ3) is 4.76. The number of nitrogens with one attached hydrogen (secondary N) is 2. The van der Waals surface area contributed by atoms with Gasteiger partial charge in [0.05, 0.1) is 13.3 Å². The van der Waals surface area contributed by atoms with Crippen molar-refractivity contribution in [3.8, 4) is 5.75 Å². The second kappa shape index (κ2) is 9.17. The van der Waals surface area contributed by atoms with Crippen molar-refractivity contribution in [2.24, 2.45) is 0 Å². The van der Waals surface area contributed by atoms with Crippen LogP contribution in [0.5, 0.6) is 5.75 Å². The molecule has 1 aliphatic rings. The maximum atomic E-state index is 13.2. The number of rotatable bonds is 7. The third-order valence-corrected chi connectivity index (χ3v) is 4.57. The zero-order chi connectivity index (χ0) is 19.9. The summed E-state index contributed by atoms with van der Waals surface area (Å²) in [5.74, 6) is 0.324. The maximum Gasteiger partial charge on any atom is 0.268 e. The molecule has 0 saturated heterocycles. The molecule has 0 saturated carbocycles. The van der Waals surface area contributed by atoms with Crippen LogP contribution in [0.1, 0.15) is 23.1 Å². The molecule has 0 atom stereocenters. The molecule has 1 amide bonds. The van der Waals surface area contributed by atoms with Gasteiger partial charge in [-0.2, -0.15) is 0 Å². The smallest absolute Gasteiger partial charge is 0.268 e. The van der Waals surface area contributed by atoms with E-state index in [2.05, 4.69) is 15.6 Å². The van der Waals surface area contributed by atoms with Crippen LogP contribution in [0.4, 0.5) is 4.39 Å². The lowest BCUT2D eigenvalue weighted by molar-refractivity contribution is -0.117. The quantitative estimate of drug-likeness (QED) is 0.724. The van der Waals surface area contributed by atoms with Gasteiger partial charge in [-0.3, -0.25) is 9.78 Å². The van der Waals surface area contributed by atoms with E-state index in [9.17, 15) is 9.18 Å². The van der Waals surface area contributed by atoms with E-state index >= 15 is 0 Å². The number of carbonyl (C=O) groups is 1. The van der Waals surface area contributed by atoms with Gasteiger partial charge in [-0.05, 0) is 54.7 Å². The Bertz CT molecular complexity index is 922. The summed E-state index contributed by atoms with van der Waals surface area (Å²) in [4.78, 5) is 16.5. The van der Waals surface area contributed by atoms with Crippen molar-refractivity contribution >= 4 is 11.5 Å². The minimum absolute atomic E-state index is 0.148. The number of dihydropyridines is 1. The highest BCUT2D eigenvalue weighted by Crippen LogP contribution is 2.26. The highest BCUT2D eigenvalue weighted by molar-refractivity contribution is 6.03. The van der Waals surface area contributed by atoms with Crippen molar-refractivity contribution in [3.63, 3.8) is 0 Å². The number of hydrogen-bond acceptors (Lipinski definition) is 4. The fourth-order valence-corrected chi connectivity index (χ4v) is 3.18. The molecule has 28 heavy (non-hydrogen) atoms. The molecule has 2 heterocycles. The van der Waals surface area contributed by atoms with Crippen molar-refractivity contribution < 1.29 is 13.9 Å². The van der Waals surface area contributed by atoms with Crippen molar-refractivity contribution in [2.75, 3.05) is 20.2 Å². The van der Waals surface area contributed by atoms with E-state index < -0.39 is 0 Å². The summed E-state index contributed by atoms with van der Waals surface area (Å²) in [5, 5.41) is 6.11.